The monoisotopic (exact) mass is 896 g/mol. The van der Waals surface area contributed by atoms with Gasteiger partial charge < -0.3 is 0 Å². The number of benzene rings is 10. The van der Waals surface area contributed by atoms with Crippen LogP contribution in [0.25, 0.3) is 88.9 Å². The Morgan fingerprint density at radius 1 is 0.290 bits per heavy atom. The summed E-state index contributed by atoms with van der Waals surface area (Å²) in [4.78, 5) is 11.4. The van der Waals surface area contributed by atoms with E-state index in [-0.39, 0.29) is 0 Å². The first-order chi connectivity index (χ1) is 34.2. The number of aromatic nitrogens is 4. The summed E-state index contributed by atoms with van der Waals surface area (Å²) in [5.41, 5.74) is 10.8. The lowest BCUT2D eigenvalue weighted by Gasteiger charge is -2.35. The second kappa shape index (κ2) is 16.8. The molecule has 13 aromatic rings. The van der Waals surface area contributed by atoms with E-state index >= 15 is 0 Å². The molecule has 0 amide bonds. The molecule has 0 N–H and O–H groups in total. The average Bonchev–Trinajstić information content (AvgIpc) is 3.96. The molecule has 69 heavy (non-hydrogen) atoms. The molecule has 13 rings (SSSR count). The Hall–Kier alpha value is -8.90. The van der Waals surface area contributed by atoms with Gasteiger partial charge in [-0.1, -0.05) is 243 Å². The second-order valence-electron chi connectivity index (χ2n) is 17.7. The van der Waals surface area contributed by atoms with Crippen LogP contribution in [0.2, 0.25) is 0 Å². The van der Waals surface area contributed by atoms with Crippen LogP contribution in [0.15, 0.2) is 267 Å². The van der Waals surface area contributed by atoms with Gasteiger partial charge in [-0.3, -0.25) is 9.13 Å². The SMILES string of the molecule is c1ccc(-c2cccc([Si](c3ccccc3)(c3ccccc3)c3cccc(-c4cc(-n5c6ccccc6c6ccccc65)nc(-n5c6ccccc6c6cccc(-c7ccccc7)c65)n4)c3)c2)cc1. The highest BCUT2D eigenvalue weighted by Gasteiger charge is 2.42. The fourth-order valence-corrected chi connectivity index (χ4v) is 15.7. The minimum Gasteiger partial charge on any atom is -0.294 e. The van der Waals surface area contributed by atoms with Crippen molar-refractivity contribution in [3.63, 3.8) is 0 Å². The van der Waals surface area contributed by atoms with Gasteiger partial charge in [0.1, 0.15) is 5.82 Å². The smallest absolute Gasteiger partial charge is 0.237 e. The van der Waals surface area contributed by atoms with E-state index in [9.17, 15) is 0 Å². The third kappa shape index (κ3) is 6.66. The zero-order chi connectivity index (χ0) is 45.7. The van der Waals surface area contributed by atoms with Crippen molar-refractivity contribution in [3.05, 3.63) is 267 Å². The van der Waals surface area contributed by atoms with E-state index < -0.39 is 8.07 Å². The standard InChI is InChI=1S/C64H44N4Si/c1-5-22-45(23-6-1)47-26-19-32-51(42-47)69(49-28-9-3-10-29-49,50-30-11-4-12-31-50)52-33-20-27-48(43-52)58-44-62(67-59-39-16-13-34-54(59)55-35-14-17-40-60(55)67)66-64(65-58)68-61-41-18-15-36-56(61)57-38-21-37-53(63(57)68)46-24-7-2-8-25-46/h1-44H. The van der Waals surface area contributed by atoms with E-state index in [4.69, 9.17) is 9.97 Å². The van der Waals surface area contributed by atoms with Crippen LogP contribution in [-0.4, -0.2) is 27.2 Å². The third-order valence-electron chi connectivity index (χ3n) is 13.9. The van der Waals surface area contributed by atoms with Crippen LogP contribution in [0.1, 0.15) is 0 Å². The number of fused-ring (bicyclic) bond motifs is 6. The number of para-hydroxylation sites is 4. The summed E-state index contributed by atoms with van der Waals surface area (Å²) in [6, 6.07) is 97.0. The summed E-state index contributed by atoms with van der Waals surface area (Å²) < 4.78 is 4.61. The molecular formula is C64H44N4Si. The Balaban J connectivity index is 1.12. The van der Waals surface area contributed by atoms with Gasteiger partial charge in [0, 0.05) is 38.7 Å². The first-order valence-electron chi connectivity index (χ1n) is 23.6. The predicted octanol–water partition coefficient (Wildman–Crippen LogP) is 13.0. The third-order valence-corrected chi connectivity index (χ3v) is 18.6. The van der Waals surface area contributed by atoms with Crippen LogP contribution in [0.3, 0.4) is 0 Å². The molecule has 0 saturated carbocycles. The molecule has 0 unspecified atom stereocenters. The molecule has 0 radical (unpaired) electrons. The van der Waals surface area contributed by atoms with Gasteiger partial charge in [-0.15, -0.1) is 0 Å². The molecule has 3 aromatic heterocycles. The normalized spacial score (nSPS) is 11.8. The van der Waals surface area contributed by atoms with Gasteiger partial charge in [-0.05, 0) is 55.6 Å². The van der Waals surface area contributed by atoms with Crippen molar-refractivity contribution in [2.45, 2.75) is 0 Å². The van der Waals surface area contributed by atoms with Crippen LogP contribution < -0.4 is 20.7 Å². The van der Waals surface area contributed by atoms with Gasteiger partial charge in [0.15, 0.2) is 8.07 Å². The maximum Gasteiger partial charge on any atom is 0.237 e. The molecule has 0 aliphatic rings. The molecule has 3 heterocycles. The minimum absolute atomic E-state index is 0.606. The highest BCUT2D eigenvalue weighted by molar-refractivity contribution is 7.20. The van der Waals surface area contributed by atoms with Gasteiger partial charge in [-0.2, -0.15) is 4.98 Å². The van der Waals surface area contributed by atoms with Crippen LogP contribution in [0, 0.1) is 0 Å². The largest absolute Gasteiger partial charge is 0.294 e. The first-order valence-corrected chi connectivity index (χ1v) is 25.6. The zero-order valence-electron chi connectivity index (χ0n) is 37.7. The Labute approximate surface area is 401 Å². The van der Waals surface area contributed by atoms with E-state index in [2.05, 4.69) is 276 Å². The Morgan fingerprint density at radius 3 is 1.30 bits per heavy atom. The summed E-state index contributed by atoms with van der Waals surface area (Å²) in [6.45, 7) is 0. The fraction of sp³-hybridized carbons (Fsp3) is 0. The Bertz CT molecular complexity index is 3920. The molecule has 324 valence electrons. The van der Waals surface area contributed by atoms with Crippen LogP contribution in [0.4, 0.5) is 0 Å². The highest BCUT2D eigenvalue weighted by Crippen LogP contribution is 2.39. The molecular weight excluding hydrogens is 853 g/mol. The number of hydrogen-bond acceptors (Lipinski definition) is 2. The summed E-state index contributed by atoms with van der Waals surface area (Å²) in [5.74, 6) is 1.40. The van der Waals surface area contributed by atoms with Crippen molar-refractivity contribution in [2.75, 3.05) is 0 Å². The van der Waals surface area contributed by atoms with Crippen molar-refractivity contribution < 1.29 is 0 Å². The van der Waals surface area contributed by atoms with E-state index in [0.29, 0.717) is 5.95 Å². The van der Waals surface area contributed by atoms with Crippen molar-refractivity contribution in [2.24, 2.45) is 0 Å². The summed E-state index contributed by atoms with van der Waals surface area (Å²) in [6.07, 6.45) is 0. The van der Waals surface area contributed by atoms with Crippen LogP contribution >= 0.6 is 0 Å². The number of hydrogen-bond donors (Lipinski definition) is 0. The second-order valence-corrected chi connectivity index (χ2v) is 21.5. The minimum atomic E-state index is -3.01. The molecule has 0 atom stereocenters. The van der Waals surface area contributed by atoms with Gasteiger partial charge >= 0.3 is 0 Å². The lowest BCUT2D eigenvalue weighted by molar-refractivity contribution is 0.952. The van der Waals surface area contributed by atoms with Crippen LogP contribution in [0.5, 0.6) is 0 Å². The van der Waals surface area contributed by atoms with Crippen molar-refractivity contribution in [1.82, 2.24) is 19.1 Å². The average molecular weight is 897 g/mol. The van der Waals surface area contributed by atoms with E-state index in [0.717, 1.165) is 61.0 Å². The maximum atomic E-state index is 5.70. The molecule has 0 fully saturated rings. The Morgan fingerprint density at radius 2 is 0.710 bits per heavy atom. The summed E-state index contributed by atoms with van der Waals surface area (Å²) >= 11 is 0. The fourth-order valence-electron chi connectivity index (χ4n) is 10.9. The molecule has 0 aliphatic carbocycles. The Kier molecular flexibility index (Phi) is 9.81. The maximum absolute atomic E-state index is 5.70. The van der Waals surface area contributed by atoms with Gasteiger partial charge in [-0.25, -0.2) is 4.98 Å². The topological polar surface area (TPSA) is 35.6 Å². The molecule has 4 nitrogen and oxygen atoms in total. The lowest BCUT2D eigenvalue weighted by Crippen LogP contribution is -2.74. The lowest BCUT2D eigenvalue weighted by atomic mass is 10.0. The first kappa shape index (κ1) is 40.4. The quantitative estimate of drug-likeness (QED) is 0.107. The van der Waals surface area contributed by atoms with E-state index in [1.54, 1.807) is 0 Å². The molecule has 0 aliphatic heterocycles. The zero-order valence-corrected chi connectivity index (χ0v) is 38.7. The molecule has 0 spiro atoms. The van der Waals surface area contributed by atoms with Crippen molar-refractivity contribution >= 4 is 72.4 Å². The van der Waals surface area contributed by atoms with Gasteiger partial charge in [0.25, 0.3) is 0 Å². The van der Waals surface area contributed by atoms with Crippen LogP contribution in [-0.2, 0) is 0 Å². The van der Waals surface area contributed by atoms with E-state index in [1.165, 1.54) is 42.6 Å². The number of rotatable bonds is 9. The van der Waals surface area contributed by atoms with Gasteiger partial charge in [0.05, 0.1) is 27.8 Å². The number of nitrogens with zero attached hydrogens (tertiary/aromatic N) is 4. The molecule has 0 bridgehead atoms. The molecule has 0 saturated heterocycles. The summed E-state index contributed by atoms with van der Waals surface area (Å²) in [7, 11) is -3.01. The van der Waals surface area contributed by atoms with Crippen molar-refractivity contribution in [1.29, 1.82) is 0 Å². The van der Waals surface area contributed by atoms with E-state index in [1.807, 2.05) is 0 Å². The van der Waals surface area contributed by atoms with Gasteiger partial charge in [0.2, 0.25) is 5.95 Å². The summed E-state index contributed by atoms with van der Waals surface area (Å²) in [5, 5.41) is 9.87. The van der Waals surface area contributed by atoms with Crippen molar-refractivity contribution in [3.8, 4) is 45.3 Å². The molecule has 5 heteroatoms. The predicted molar refractivity (Wildman–Crippen MR) is 291 cm³/mol. The highest BCUT2D eigenvalue weighted by atomic mass is 28.3. The molecule has 10 aromatic carbocycles.